The molecule has 0 aromatic heterocycles. The van der Waals surface area contributed by atoms with Crippen LogP contribution in [0.1, 0.15) is 12.8 Å². The molecule has 1 aromatic rings. The molecule has 2 rings (SSSR count). The van der Waals surface area contributed by atoms with Crippen LogP contribution >= 0.6 is 0 Å². The molecule has 1 unspecified atom stereocenters. The lowest BCUT2D eigenvalue weighted by Crippen LogP contribution is -2.17. The number of rotatable bonds is 4. The molecule has 0 saturated carbocycles. The van der Waals surface area contributed by atoms with Crippen molar-refractivity contribution in [2.45, 2.75) is 12.8 Å². The number of carbonyl (C=O) groups is 1. The van der Waals surface area contributed by atoms with Crippen LogP contribution in [0.5, 0.6) is 5.75 Å². The first kappa shape index (κ1) is 14.6. The van der Waals surface area contributed by atoms with E-state index in [2.05, 4.69) is 5.32 Å². The van der Waals surface area contributed by atoms with Crippen molar-refractivity contribution in [2.24, 2.45) is 5.92 Å². The molecule has 1 aliphatic rings. The number of nitrogens with one attached hydrogen (secondary N) is 1. The Balaban J connectivity index is 1.95. The van der Waals surface area contributed by atoms with Crippen molar-refractivity contribution in [1.82, 2.24) is 0 Å². The van der Waals surface area contributed by atoms with E-state index in [-0.39, 0.29) is 29.8 Å². The molecule has 20 heavy (non-hydrogen) atoms. The maximum Gasteiger partial charge on any atom is 0.224 e. The Morgan fingerprint density at radius 3 is 2.85 bits per heavy atom. The van der Waals surface area contributed by atoms with Gasteiger partial charge >= 0.3 is 0 Å². The second-order valence-electron chi connectivity index (χ2n) is 4.98. The van der Waals surface area contributed by atoms with Gasteiger partial charge in [-0.15, -0.1) is 0 Å². The van der Waals surface area contributed by atoms with Crippen LogP contribution in [-0.2, 0) is 14.6 Å². The quantitative estimate of drug-likeness (QED) is 0.809. The first-order valence-electron chi connectivity index (χ1n) is 6.33. The molecule has 0 radical (unpaired) electrons. The highest BCUT2D eigenvalue weighted by Crippen LogP contribution is 2.26. The van der Waals surface area contributed by atoms with Crippen LogP contribution in [0.4, 0.5) is 11.4 Å². The molecule has 3 N–H and O–H groups in total. The molecule has 1 heterocycles. The smallest absolute Gasteiger partial charge is 0.224 e. The minimum atomic E-state index is -2.95. The monoisotopic (exact) mass is 298 g/mol. The van der Waals surface area contributed by atoms with Gasteiger partial charge in [0.2, 0.25) is 5.91 Å². The minimum Gasteiger partial charge on any atom is -0.495 e. The fourth-order valence-corrected chi connectivity index (χ4v) is 4.16. The molecular formula is C13H18N2O4S. The van der Waals surface area contributed by atoms with E-state index in [4.69, 9.17) is 10.5 Å². The van der Waals surface area contributed by atoms with Crippen LogP contribution in [-0.4, -0.2) is 32.9 Å². The van der Waals surface area contributed by atoms with Gasteiger partial charge in [0, 0.05) is 18.2 Å². The predicted molar refractivity (Wildman–Crippen MR) is 77.4 cm³/mol. The molecule has 1 amide bonds. The Hall–Kier alpha value is -1.76. The summed E-state index contributed by atoms with van der Waals surface area (Å²) in [6.07, 6.45) is 0.771. The van der Waals surface area contributed by atoms with E-state index in [0.29, 0.717) is 23.5 Å². The highest BCUT2D eigenvalue weighted by Gasteiger charge is 2.29. The SMILES string of the molecule is COc1cc(NC(=O)CC2CCS(=O)(=O)C2)ccc1N. The maximum absolute atomic E-state index is 11.9. The summed E-state index contributed by atoms with van der Waals surface area (Å²) >= 11 is 0. The third kappa shape index (κ3) is 3.63. The lowest BCUT2D eigenvalue weighted by Gasteiger charge is -2.11. The van der Waals surface area contributed by atoms with Gasteiger partial charge in [-0.1, -0.05) is 0 Å². The molecule has 0 bridgehead atoms. The van der Waals surface area contributed by atoms with E-state index < -0.39 is 9.84 Å². The molecule has 0 aliphatic carbocycles. The van der Waals surface area contributed by atoms with Gasteiger partial charge in [-0.25, -0.2) is 8.42 Å². The standard InChI is InChI=1S/C13H18N2O4S/c1-19-12-7-10(2-3-11(12)14)15-13(16)6-9-4-5-20(17,18)8-9/h2-3,7,9H,4-6,8,14H2,1H3,(H,15,16). The van der Waals surface area contributed by atoms with Crippen LogP contribution < -0.4 is 15.8 Å². The lowest BCUT2D eigenvalue weighted by molar-refractivity contribution is -0.116. The summed E-state index contributed by atoms with van der Waals surface area (Å²) in [4.78, 5) is 11.9. The molecule has 1 saturated heterocycles. The first-order valence-corrected chi connectivity index (χ1v) is 8.15. The molecular weight excluding hydrogens is 280 g/mol. The van der Waals surface area contributed by atoms with Crippen molar-refractivity contribution in [3.8, 4) is 5.75 Å². The fourth-order valence-electron chi connectivity index (χ4n) is 2.30. The summed E-state index contributed by atoms with van der Waals surface area (Å²) in [5.41, 5.74) is 6.77. The minimum absolute atomic E-state index is 0.0873. The Labute approximate surface area is 118 Å². The van der Waals surface area contributed by atoms with E-state index >= 15 is 0 Å². The molecule has 1 aliphatic heterocycles. The van der Waals surface area contributed by atoms with Crippen molar-refractivity contribution in [2.75, 3.05) is 29.7 Å². The van der Waals surface area contributed by atoms with Crippen LogP contribution in [0, 0.1) is 5.92 Å². The van der Waals surface area contributed by atoms with Gasteiger partial charge in [-0.2, -0.15) is 0 Å². The van der Waals surface area contributed by atoms with Crippen LogP contribution in [0.3, 0.4) is 0 Å². The molecule has 110 valence electrons. The van der Waals surface area contributed by atoms with Gasteiger partial charge in [-0.05, 0) is 24.5 Å². The highest BCUT2D eigenvalue weighted by atomic mass is 32.2. The third-order valence-corrected chi connectivity index (χ3v) is 5.16. The predicted octanol–water partition coefficient (Wildman–Crippen LogP) is 1.04. The van der Waals surface area contributed by atoms with Gasteiger partial charge in [0.1, 0.15) is 5.75 Å². The summed E-state index contributed by atoms with van der Waals surface area (Å²) < 4.78 is 27.8. The molecule has 0 spiro atoms. The summed E-state index contributed by atoms with van der Waals surface area (Å²) in [6, 6.07) is 4.97. The van der Waals surface area contributed by atoms with Gasteiger partial charge in [0.15, 0.2) is 9.84 Å². The van der Waals surface area contributed by atoms with Crippen molar-refractivity contribution in [3.63, 3.8) is 0 Å². The van der Waals surface area contributed by atoms with Crippen molar-refractivity contribution >= 4 is 27.1 Å². The average Bonchev–Trinajstić information content (AvgIpc) is 2.71. The number of anilines is 2. The zero-order chi connectivity index (χ0) is 14.8. The number of nitrogen functional groups attached to an aromatic ring is 1. The van der Waals surface area contributed by atoms with E-state index in [1.807, 2.05) is 0 Å². The number of methoxy groups -OCH3 is 1. The van der Waals surface area contributed by atoms with E-state index in [1.54, 1.807) is 18.2 Å². The van der Waals surface area contributed by atoms with Crippen molar-refractivity contribution in [3.05, 3.63) is 18.2 Å². The second kappa shape index (κ2) is 5.70. The number of hydrogen-bond acceptors (Lipinski definition) is 5. The number of benzene rings is 1. The molecule has 6 nitrogen and oxygen atoms in total. The number of ether oxygens (including phenoxy) is 1. The van der Waals surface area contributed by atoms with Gasteiger partial charge < -0.3 is 15.8 Å². The largest absolute Gasteiger partial charge is 0.495 e. The maximum atomic E-state index is 11.9. The highest BCUT2D eigenvalue weighted by molar-refractivity contribution is 7.91. The summed E-state index contributed by atoms with van der Waals surface area (Å²) in [6.45, 7) is 0. The molecule has 7 heteroatoms. The molecule has 1 atom stereocenters. The number of amides is 1. The zero-order valence-corrected chi connectivity index (χ0v) is 12.1. The summed E-state index contributed by atoms with van der Waals surface area (Å²) in [5, 5.41) is 2.73. The number of hydrogen-bond donors (Lipinski definition) is 2. The van der Waals surface area contributed by atoms with Gasteiger partial charge in [0.25, 0.3) is 0 Å². The van der Waals surface area contributed by atoms with E-state index in [1.165, 1.54) is 7.11 Å². The Morgan fingerprint density at radius 1 is 1.50 bits per heavy atom. The summed E-state index contributed by atoms with van der Waals surface area (Å²) in [7, 11) is -1.45. The van der Waals surface area contributed by atoms with Crippen molar-refractivity contribution in [1.29, 1.82) is 0 Å². The lowest BCUT2D eigenvalue weighted by atomic mass is 10.0. The van der Waals surface area contributed by atoms with Crippen LogP contribution in [0.25, 0.3) is 0 Å². The molecule has 1 aromatic carbocycles. The Morgan fingerprint density at radius 2 is 2.25 bits per heavy atom. The van der Waals surface area contributed by atoms with Gasteiger partial charge in [-0.3, -0.25) is 4.79 Å². The number of carbonyl (C=O) groups excluding carboxylic acids is 1. The third-order valence-electron chi connectivity index (χ3n) is 3.32. The summed E-state index contributed by atoms with van der Waals surface area (Å²) in [5.74, 6) is 0.493. The van der Waals surface area contributed by atoms with E-state index in [0.717, 1.165) is 0 Å². The Bertz CT molecular complexity index is 613. The zero-order valence-electron chi connectivity index (χ0n) is 11.3. The van der Waals surface area contributed by atoms with Gasteiger partial charge in [0.05, 0.1) is 24.3 Å². The molecule has 1 fully saturated rings. The average molecular weight is 298 g/mol. The fraction of sp³-hybridized carbons (Fsp3) is 0.462. The van der Waals surface area contributed by atoms with Crippen LogP contribution in [0.2, 0.25) is 0 Å². The first-order chi connectivity index (χ1) is 9.39. The van der Waals surface area contributed by atoms with Crippen LogP contribution in [0.15, 0.2) is 18.2 Å². The number of nitrogens with two attached hydrogens (primary N) is 1. The topological polar surface area (TPSA) is 98.5 Å². The van der Waals surface area contributed by atoms with E-state index in [9.17, 15) is 13.2 Å². The normalized spacial score (nSPS) is 20.6. The van der Waals surface area contributed by atoms with Crippen molar-refractivity contribution < 1.29 is 17.9 Å². The number of sulfone groups is 1. The second-order valence-corrected chi connectivity index (χ2v) is 7.21. The Kier molecular flexibility index (Phi) is 4.17.